The van der Waals surface area contributed by atoms with Crippen LogP contribution in [0.25, 0.3) is 0 Å². The molecule has 0 heterocycles. The molecule has 1 aromatic carbocycles. The Morgan fingerprint density at radius 1 is 1.32 bits per heavy atom. The predicted molar refractivity (Wildman–Crippen MR) is 64.5 cm³/mol. The average molecular weight is 313 g/mol. The molecule has 0 aliphatic heterocycles. The average Bonchev–Trinajstić information content (AvgIpc) is 2.24. The topological polar surface area (TPSA) is 60.4 Å². The smallest absolute Gasteiger partial charge is 0.341 e. The molecule has 0 aliphatic carbocycles. The molecule has 0 amide bonds. The minimum atomic E-state index is -4.41. The maximum atomic E-state index is 13.4. The highest BCUT2D eigenvalue weighted by molar-refractivity contribution is 8.13. The molecule has 1 aromatic rings. The Morgan fingerprint density at radius 3 is 2.37 bits per heavy atom. The molecule has 4 nitrogen and oxygen atoms in total. The SMILES string of the molecule is CC(C)COC(=O)c1cc(S(=O)(=O)Cl)c(F)cc1F. The first-order chi connectivity index (χ1) is 8.62. The maximum Gasteiger partial charge on any atom is 0.341 e. The molecular weight excluding hydrogens is 302 g/mol. The van der Waals surface area contributed by atoms with Gasteiger partial charge in [-0.25, -0.2) is 22.0 Å². The van der Waals surface area contributed by atoms with Crippen molar-refractivity contribution >= 4 is 25.7 Å². The van der Waals surface area contributed by atoms with Gasteiger partial charge in [0.05, 0.1) is 12.2 Å². The van der Waals surface area contributed by atoms with Crippen LogP contribution >= 0.6 is 10.7 Å². The molecule has 0 aliphatic rings. The Kier molecular flexibility index (Phi) is 4.86. The Hall–Kier alpha value is -1.21. The minimum absolute atomic E-state index is 0.0173. The van der Waals surface area contributed by atoms with E-state index in [9.17, 15) is 22.0 Å². The van der Waals surface area contributed by atoms with Crippen molar-refractivity contribution in [3.63, 3.8) is 0 Å². The predicted octanol–water partition coefficient (Wildman–Crippen LogP) is 2.71. The van der Waals surface area contributed by atoms with Crippen LogP contribution in [0.3, 0.4) is 0 Å². The second-order valence-electron chi connectivity index (χ2n) is 4.19. The summed E-state index contributed by atoms with van der Waals surface area (Å²) in [7, 11) is 0.563. The third-order valence-corrected chi connectivity index (χ3v) is 3.39. The van der Waals surface area contributed by atoms with Crippen LogP contribution in [-0.4, -0.2) is 21.0 Å². The molecule has 0 saturated heterocycles. The minimum Gasteiger partial charge on any atom is -0.462 e. The lowest BCUT2D eigenvalue weighted by atomic mass is 10.2. The molecule has 0 spiro atoms. The zero-order valence-electron chi connectivity index (χ0n) is 10.1. The molecule has 19 heavy (non-hydrogen) atoms. The van der Waals surface area contributed by atoms with Crippen LogP contribution in [-0.2, 0) is 13.8 Å². The summed E-state index contributed by atoms with van der Waals surface area (Å²) in [5.74, 6) is -3.64. The van der Waals surface area contributed by atoms with Crippen LogP contribution in [0.2, 0.25) is 0 Å². The molecule has 0 bridgehead atoms. The van der Waals surface area contributed by atoms with Gasteiger partial charge in [0.15, 0.2) is 0 Å². The summed E-state index contributed by atoms with van der Waals surface area (Å²) >= 11 is 0. The fourth-order valence-electron chi connectivity index (χ4n) is 1.19. The molecule has 106 valence electrons. The van der Waals surface area contributed by atoms with E-state index < -0.39 is 37.1 Å². The molecule has 0 radical (unpaired) electrons. The Morgan fingerprint density at radius 2 is 1.89 bits per heavy atom. The van der Waals surface area contributed by atoms with Gasteiger partial charge in [-0.3, -0.25) is 0 Å². The van der Waals surface area contributed by atoms with Crippen molar-refractivity contribution in [2.45, 2.75) is 18.7 Å². The number of carbonyl (C=O) groups is 1. The number of ether oxygens (including phenoxy) is 1. The molecule has 0 saturated carbocycles. The number of esters is 1. The highest BCUT2D eigenvalue weighted by atomic mass is 35.7. The summed E-state index contributed by atoms with van der Waals surface area (Å²) in [5, 5.41) is 0. The van der Waals surface area contributed by atoms with Crippen molar-refractivity contribution in [2.24, 2.45) is 5.92 Å². The highest BCUT2D eigenvalue weighted by Crippen LogP contribution is 2.23. The lowest BCUT2D eigenvalue weighted by Gasteiger charge is -2.09. The number of rotatable bonds is 4. The van der Waals surface area contributed by atoms with Gasteiger partial charge in [-0.2, -0.15) is 0 Å². The van der Waals surface area contributed by atoms with Gasteiger partial charge in [0.25, 0.3) is 9.05 Å². The molecular formula is C11H11ClF2O4S. The first-order valence-electron chi connectivity index (χ1n) is 5.23. The standard InChI is InChI=1S/C11H11ClF2O4S/c1-6(2)5-18-11(15)7-3-10(19(12,16)17)9(14)4-8(7)13/h3-4,6H,5H2,1-2H3. The van der Waals surface area contributed by atoms with Gasteiger partial charge in [0.2, 0.25) is 0 Å². The van der Waals surface area contributed by atoms with Crippen molar-refractivity contribution in [2.75, 3.05) is 6.61 Å². The van der Waals surface area contributed by atoms with E-state index in [4.69, 9.17) is 15.4 Å². The Balaban J connectivity index is 3.19. The van der Waals surface area contributed by atoms with Crippen molar-refractivity contribution in [1.82, 2.24) is 0 Å². The maximum absolute atomic E-state index is 13.4. The molecule has 0 N–H and O–H groups in total. The first kappa shape index (κ1) is 15.8. The summed E-state index contributed by atoms with van der Waals surface area (Å²) in [4.78, 5) is 10.6. The van der Waals surface area contributed by atoms with Crippen LogP contribution in [0.5, 0.6) is 0 Å². The lowest BCUT2D eigenvalue weighted by molar-refractivity contribution is 0.0453. The highest BCUT2D eigenvalue weighted by Gasteiger charge is 2.23. The Labute approximate surface area is 113 Å². The molecule has 1 rings (SSSR count). The summed E-state index contributed by atoms with van der Waals surface area (Å²) in [6.07, 6.45) is 0. The van der Waals surface area contributed by atoms with Gasteiger partial charge in [0.1, 0.15) is 16.5 Å². The summed E-state index contributed by atoms with van der Waals surface area (Å²) < 4.78 is 53.5. The van der Waals surface area contributed by atoms with Crippen molar-refractivity contribution in [3.8, 4) is 0 Å². The molecule has 0 aromatic heterocycles. The summed E-state index contributed by atoms with van der Waals surface area (Å²) in [6, 6.07) is 0.802. The second kappa shape index (κ2) is 5.83. The number of hydrogen-bond donors (Lipinski definition) is 0. The molecule has 0 fully saturated rings. The number of hydrogen-bond acceptors (Lipinski definition) is 4. The Bertz CT molecular complexity index is 599. The molecule has 0 atom stereocenters. The summed E-state index contributed by atoms with van der Waals surface area (Å²) in [6.45, 7) is 3.56. The van der Waals surface area contributed by atoms with Crippen molar-refractivity contribution < 1.29 is 26.7 Å². The monoisotopic (exact) mass is 312 g/mol. The van der Waals surface area contributed by atoms with Crippen LogP contribution in [0.15, 0.2) is 17.0 Å². The van der Waals surface area contributed by atoms with E-state index in [1.165, 1.54) is 0 Å². The van der Waals surface area contributed by atoms with Gasteiger partial charge < -0.3 is 4.74 Å². The van der Waals surface area contributed by atoms with E-state index >= 15 is 0 Å². The van der Waals surface area contributed by atoms with Crippen LogP contribution in [0.4, 0.5) is 8.78 Å². The van der Waals surface area contributed by atoms with E-state index in [1.807, 2.05) is 0 Å². The lowest BCUT2D eigenvalue weighted by Crippen LogP contribution is -2.13. The van der Waals surface area contributed by atoms with E-state index in [0.717, 1.165) is 0 Å². The third-order valence-electron chi connectivity index (χ3n) is 2.05. The largest absolute Gasteiger partial charge is 0.462 e. The van der Waals surface area contributed by atoms with Crippen LogP contribution < -0.4 is 0 Å². The second-order valence-corrected chi connectivity index (χ2v) is 6.73. The van der Waals surface area contributed by atoms with Gasteiger partial charge in [-0.1, -0.05) is 13.8 Å². The number of benzene rings is 1. The normalized spacial score (nSPS) is 11.7. The fraction of sp³-hybridized carbons (Fsp3) is 0.364. The van der Waals surface area contributed by atoms with Gasteiger partial charge in [-0.05, 0) is 12.0 Å². The zero-order valence-corrected chi connectivity index (χ0v) is 11.7. The quantitative estimate of drug-likeness (QED) is 0.633. The van der Waals surface area contributed by atoms with E-state index in [1.54, 1.807) is 13.8 Å². The van der Waals surface area contributed by atoms with Crippen molar-refractivity contribution in [3.05, 3.63) is 29.3 Å². The van der Waals surface area contributed by atoms with E-state index in [2.05, 4.69) is 0 Å². The molecule has 8 heteroatoms. The molecule has 0 unspecified atom stereocenters. The fourth-order valence-corrected chi connectivity index (χ4v) is 2.10. The summed E-state index contributed by atoms with van der Waals surface area (Å²) in [5.41, 5.74) is -0.679. The van der Waals surface area contributed by atoms with Crippen molar-refractivity contribution in [1.29, 1.82) is 0 Å². The van der Waals surface area contributed by atoms with E-state index in [0.29, 0.717) is 6.07 Å². The van der Waals surface area contributed by atoms with Gasteiger partial charge in [0, 0.05) is 16.7 Å². The number of halogens is 3. The van der Waals surface area contributed by atoms with E-state index in [-0.39, 0.29) is 18.6 Å². The van der Waals surface area contributed by atoms with Crippen LogP contribution in [0, 0.1) is 17.6 Å². The third kappa shape index (κ3) is 4.14. The number of carbonyl (C=O) groups excluding carboxylic acids is 1. The van der Waals surface area contributed by atoms with Crippen LogP contribution in [0.1, 0.15) is 24.2 Å². The van der Waals surface area contributed by atoms with Gasteiger partial charge in [-0.15, -0.1) is 0 Å². The first-order valence-corrected chi connectivity index (χ1v) is 7.54. The van der Waals surface area contributed by atoms with Gasteiger partial charge >= 0.3 is 5.97 Å². The zero-order chi connectivity index (χ0) is 14.8.